The molecule has 2 saturated heterocycles. The Balaban J connectivity index is 1.54. The number of piperidine rings is 1. The molecule has 24 heavy (non-hydrogen) atoms. The summed E-state index contributed by atoms with van der Waals surface area (Å²) in [7, 11) is 0. The van der Waals surface area contributed by atoms with Gasteiger partial charge < -0.3 is 14.4 Å². The van der Waals surface area contributed by atoms with E-state index in [1.165, 1.54) is 0 Å². The number of nitrogens with zero attached hydrogens (tertiary/aromatic N) is 4. The van der Waals surface area contributed by atoms with Crippen molar-refractivity contribution in [1.82, 2.24) is 19.4 Å². The first-order valence-electron chi connectivity index (χ1n) is 9.06. The minimum absolute atomic E-state index is 0.182. The van der Waals surface area contributed by atoms with Crippen LogP contribution < -0.4 is 0 Å². The number of carbonyl (C=O) groups is 2. The van der Waals surface area contributed by atoms with Gasteiger partial charge in [-0.05, 0) is 39.5 Å². The first-order valence-corrected chi connectivity index (χ1v) is 9.06. The van der Waals surface area contributed by atoms with Gasteiger partial charge in [-0.25, -0.2) is 4.98 Å². The smallest absolute Gasteiger partial charge is 0.230 e. The largest absolute Gasteiger partial charge is 0.342 e. The number of aryl methyl sites for hydroxylation is 1. The third kappa shape index (κ3) is 3.32. The normalized spacial score (nSPS) is 24.4. The maximum absolute atomic E-state index is 12.9. The van der Waals surface area contributed by atoms with Gasteiger partial charge in [0.15, 0.2) is 0 Å². The van der Waals surface area contributed by atoms with Crippen LogP contribution in [0.5, 0.6) is 0 Å². The van der Waals surface area contributed by atoms with Gasteiger partial charge in [-0.15, -0.1) is 0 Å². The SMILES string of the molecule is CC(C)N1CCC[C@@]2(CCN(C(=O)CCCn3ccnc3)C2)C1=O. The minimum Gasteiger partial charge on any atom is -0.342 e. The van der Waals surface area contributed by atoms with Crippen molar-refractivity contribution in [2.24, 2.45) is 5.41 Å². The molecule has 1 aromatic rings. The first kappa shape index (κ1) is 17.0. The monoisotopic (exact) mass is 332 g/mol. The summed E-state index contributed by atoms with van der Waals surface area (Å²) in [5.74, 6) is 0.443. The number of aromatic nitrogens is 2. The van der Waals surface area contributed by atoms with Crippen LogP contribution in [-0.2, 0) is 16.1 Å². The third-order valence-electron chi connectivity index (χ3n) is 5.46. The zero-order valence-corrected chi connectivity index (χ0v) is 14.8. The maximum atomic E-state index is 12.9. The fourth-order valence-electron chi connectivity index (χ4n) is 4.05. The first-order chi connectivity index (χ1) is 11.5. The highest BCUT2D eigenvalue weighted by Gasteiger charge is 2.49. The van der Waals surface area contributed by atoms with Gasteiger partial charge in [-0.1, -0.05) is 0 Å². The van der Waals surface area contributed by atoms with E-state index in [0.29, 0.717) is 13.0 Å². The van der Waals surface area contributed by atoms with Gasteiger partial charge in [0.25, 0.3) is 0 Å². The van der Waals surface area contributed by atoms with Gasteiger partial charge in [-0.3, -0.25) is 9.59 Å². The number of likely N-dealkylation sites (tertiary alicyclic amines) is 2. The molecule has 6 heteroatoms. The standard InChI is InChI=1S/C18H28N4O2/c1-15(2)22-10-4-6-18(17(22)24)7-11-21(13-18)16(23)5-3-9-20-12-8-19-14-20/h8,12,14-15H,3-7,9-11,13H2,1-2H3/t18-/m0/s1. The Morgan fingerprint density at radius 1 is 1.33 bits per heavy atom. The van der Waals surface area contributed by atoms with E-state index < -0.39 is 0 Å². The summed E-state index contributed by atoms with van der Waals surface area (Å²) in [5, 5.41) is 0. The van der Waals surface area contributed by atoms with Crippen LogP contribution in [0.25, 0.3) is 0 Å². The molecule has 0 saturated carbocycles. The Morgan fingerprint density at radius 2 is 2.17 bits per heavy atom. The average molecular weight is 332 g/mol. The summed E-state index contributed by atoms with van der Waals surface area (Å²) >= 11 is 0. The predicted octanol–water partition coefficient (Wildman–Crippen LogP) is 1.91. The molecule has 3 rings (SSSR count). The summed E-state index contributed by atoms with van der Waals surface area (Å²) in [5.41, 5.74) is -0.317. The van der Waals surface area contributed by atoms with Gasteiger partial charge in [0.1, 0.15) is 0 Å². The highest BCUT2D eigenvalue weighted by molar-refractivity contribution is 5.86. The van der Waals surface area contributed by atoms with E-state index >= 15 is 0 Å². The predicted molar refractivity (Wildman–Crippen MR) is 91.2 cm³/mol. The van der Waals surface area contributed by atoms with E-state index in [9.17, 15) is 9.59 Å². The van der Waals surface area contributed by atoms with Crippen LogP contribution in [0.4, 0.5) is 0 Å². The Labute approximate surface area is 143 Å². The van der Waals surface area contributed by atoms with Crippen molar-refractivity contribution < 1.29 is 9.59 Å². The van der Waals surface area contributed by atoms with Crippen LogP contribution in [-0.4, -0.2) is 56.8 Å². The molecule has 0 bridgehead atoms. The van der Waals surface area contributed by atoms with Gasteiger partial charge in [0, 0.05) is 51.0 Å². The van der Waals surface area contributed by atoms with Crippen LogP contribution in [0, 0.1) is 5.41 Å². The fraction of sp³-hybridized carbons (Fsp3) is 0.722. The second kappa shape index (κ2) is 6.95. The van der Waals surface area contributed by atoms with E-state index in [1.54, 1.807) is 12.5 Å². The number of hydrogen-bond donors (Lipinski definition) is 0. The third-order valence-corrected chi connectivity index (χ3v) is 5.46. The molecule has 2 aliphatic heterocycles. The zero-order valence-electron chi connectivity index (χ0n) is 14.8. The molecule has 2 amide bonds. The zero-order chi connectivity index (χ0) is 17.2. The molecule has 0 aliphatic carbocycles. The van der Waals surface area contributed by atoms with E-state index in [0.717, 1.165) is 45.3 Å². The van der Waals surface area contributed by atoms with Crippen LogP contribution >= 0.6 is 0 Å². The Hall–Kier alpha value is -1.85. The molecule has 1 spiro atoms. The van der Waals surface area contributed by atoms with Gasteiger partial charge >= 0.3 is 0 Å². The summed E-state index contributed by atoms with van der Waals surface area (Å²) in [6, 6.07) is 0.245. The lowest BCUT2D eigenvalue weighted by atomic mass is 9.78. The average Bonchev–Trinajstić information content (AvgIpc) is 3.20. The number of rotatable bonds is 5. The minimum atomic E-state index is -0.317. The molecule has 0 radical (unpaired) electrons. The topological polar surface area (TPSA) is 58.4 Å². The van der Waals surface area contributed by atoms with Crippen molar-refractivity contribution in [2.45, 2.75) is 58.5 Å². The van der Waals surface area contributed by atoms with Crippen LogP contribution in [0.15, 0.2) is 18.7 Å². The highest BCUT2D eigenvalue weighted by atomic mass is 16.2. The van der Waals surface area contributed by atoms with Crippen LogP contribution in [0.2, 0.25) is 0 Å². The van der Waals surface area contributed by atoms with Crippen LogP contribution in [0.3, 0.4) is 0 Å². The van der Waals surface area contributed by atoms with Crippen LogP contribution in [0.1, 0.15) is 46.0 Å². The quantitative estimate of drug-likeness (QED) is 0.828. The molecule has 6 nitrogen and oxygen atoms in total. The van der Waals surface area contributed by atoms with Crippen molar-refractivity contribution in [3.63, 3.8) is 0 Å². The molecule has 0 N–H and O–H groups in total. The number of carbonyl (C=O) groups excluding carboxylic acids is 2. The molecule has 132 valence electrons. The molecule has 3 heterocycles. The molecule has 2 fully saturated rings. The van der Waals surface area contributed by atoms with Gasteiger partial charge in [-0.2, -0.15) is 0 Å². The van der Waals surface area contributed by atoms with E-state index in [4.69, 9.17) is 0 Å². The van der Waals surface area contributed by atoms with E-state index in [1.807, 2.05) is 20.6 Å². The van der Waals surface area contributed by atoms with Gasteiger partial charge in [0.2, 0.25) is 11.8 Å². The van der Waals surface area contributed by atoms with Crippen molar-refractivity contribution in [2.75, 3.05) is 19.6 Å². The highest BCUT2D eigenvalue weighted by Crippen LogP contribution is 2.40. The summed E-state index contributed by atoms with van der Waals surface area (Å²) < 4.78 is 1.99. The molecule has 1 atom stereocenters. The lowest BCUT2D eigenvalue weighted by Gasteiger charge is -2.41. The Bertz CT molecular complexity index is 584. The number of hydrogen-bond acceptors (Lipinski definition) is 3. The van der Waals surface area contributed by atoms with Crippen molar-refractivity contribution in [1.29, 1.82) is 0 Å². The summed E-state index contributed by atoms with van der Waals surface area (Å²) in [6.45, 7) is 7.15. The fourth-order valence-corrected chi connectivity index (χ4v) is 4.05. The lowest BCUT2D eigenvalue weighted by Crippen LogP contribution is -2.52. The lowest BCUT2D eigenvalue weighted by molar-refractivity contribution is -0.148. The second-order valence-electron chi connectivity index (χ2n) is 7.45. The molecule has 0 unspecified atom stereocenters. The maximum Gasteiger partial charge on any atom is 0.230 e. The second-order valence-corrected chi connectivity index (χ2v) is 7.45. The molecule has 0 aromatic carbocycles. The molecule has 1 aromatic heterocycles. The summed E-state index contributed by atoms with van der Waals surface area (Å²) in [4.78, 5) is 33.3. The van der Waals surface area contributed by atoms with E-state index in [-0.39, 0.29) is 23.3 Å². The van der Waals surface area contributed by atoms with Crippen molar-refractivity contribution in [3.05, 3.63) is 18.7 Å². The Kier molecular flexibility index (Phi) is 4.92. The van der Waals surface area contributed by atoms with Gasteiger partial charge in [0.05, 0.1) is 11.7 Å². The number of amides is 2. The van der Waals surface area contributed by atoms with Crippen molar-refractivity contribution >= 4 is 11.8 Å². The van der Waals surface area contributed by atoms with E-state index in [2.05, 4.69) is 18.8 Å². The van der Waals surface area contributed by atoms with Crippen molar-refractivity contribution in [3.8, 4) is 0 Å². The molecular weight excluding hydrogens is 304 g/mol. The summed E-state index contributed by atoms with van der Waals surface area (Å²) in [6.07, 6.45) is 9.58. The number of imidazole rings is 1. The molecular formula is C18H28N4O2. The Morgan fingerprint density at radius 3 is 2.88 bits per heavy atom. The molecule has 2 aliphatic rings.